The van der Waals surface area contributed by atoms with Crippen LogP contribution in [0.15, 0.2) is 30.6 Å². The van der Waals surface area contributed by atoms with E-state index in [4.69, 9.17) is 21.1 Å². The molecule has 0 radical (unpaired) electrons. The molecule has 3 aromatic heterocycles. The van der Waals surface area contributed by atoms with Gasteiger partial charge in [0.2, 0.25) is 11.8 Å². The third kappa shape index (κ3) is 5.44. The molecule has 1 N–H and O–H groups in total. The van der Waals surface area contributed by atoms with E-state index in [1.165, 1.54) is 11.9 Å². The van der Waals surface area contributed by atoms with Crippen molar-refractivity contribution in [2.24, 2.45) is 0 Å². The Kier molecular flexibility index (Phi) is 8.05. The lowest BCUT2D eigenvalue weighted by molar-refractivity contribution is 0.0972. The predicted molar refractivity (Wildman–Crippen MR) is 122 cm³/mol. The molecule has 9 nitrogen and oxygen atoms in total. The van der Waals surface area contributed by atoms with Gasteiger partial charge in [-0.3, -0.25) is 9.29 Å². The number of nitrogens with one attached hydrogen (secondary N) is 1. The number of aromatic nitrogens is 6. The number of nitrogens with zero attached hydrogens (tertiary/aromatic N) is 6. The minimum atomic E-state index is -0.325. The number of rotatable bonds is 10. The molecule has 3 atom stereocenters. The molecule has 3 heterocycles. The molecule has 0 aromatic carbocycles. The van der Waals surface area contributed by atoms with Crippen LogP contribution in [0, 0.1) is 0 Å². The summed E-state index contributed by atoms with van der Waals surface area (Å²) in [4.78, 5) is 13.1. The summed E-state index contributed by atoms with van der Waals surface area (Å²) in [6.07, 6.45) is 3.71. The molecule has 0 saturated carbocycles. The van der Waals surface area contributed by atoms with E-state index in [0.29, 0.717) is 34.2 Å². The summed E-state index contributed by atoms with van der Waals surface area (Å²) in [6.45, 7) is 6.26. The summed E-state index contributed by atoms with van der Waals surface area (Å²) in [5.74, 6) is 2.41. The van der Waals surface area contributed by atoms with Gasteiger partial charge >= 0.3 is 0 Å². The van der Waals surface area contributed by atoms with Gasteiger partial charge in [0, 0.05) is 31.6 Å². The smallest absolute Gasteiger partial charge is 0.235 e. The Hall–Kier alpha value is -2.43. The number of halogens is 1. The van der Waals surface area contributed by atoms with E-state index < -0.39 is 0 Å². The molecule has 3 unspecified atom stereocenters. The zero-order valence-corrected chi connectivity index (χ0v) is 19.7. The molecule has 11 heteroatoms. The highest BCUT2D eigenvalue weighted by molar-refractivity contribution is 8.01. The average molecular weight is 464 g/mol. The van der Waals surface area contributed by atoms with Crippen LogP contribution >= 0.6 is 23.5 Å². The first-order valence-corrected chi connectivity index (χ1v) is 11.1. The molecule has 0 saturated heterocycles. The Morgan fingerprint density at radius 1 is 1.16 bits per heavy atom. The van der Waals surface area contributed by atoms with Crippen LogP contribution in [0.4, 0.5) is 5.95 Å². The quantitative estimate of drug-likeness (QED) is 0.432. The van der Waals surface area contributed by atoms with Crippen LogP contribution < -0.4 is 9.46 Å². The molecule has 0 aliphatic rings. The summed E-state index contributed by atoms with van der Waals surface area (Å²) >= 11 is 7.36. The number of ether oxygens (including phenoxy) is 2. The maximum absolute atomic E-state index is 5.90. The number of methoxy groups -OCH3 is 2. The van der Waals surface area contributed by atoms with E-state index in [-0.39, 0.29) is 17.4 Å². The van der Waals surface area contributed by atoms with Gasteiger partial charge in [0.05, 0.1) is 17.4 Å². The van der Waals surface area contributed by atoms with Crippen molar-refractivity contribution in [3.05, 3.63) is 41.4 Å². The molecule has 0 amide bonds. The molecular formula is C20H26ClN7O2S. The minimum Gasteiger partial charge on any atom is -0.481 e. The Morgan fingerprint density at radius 2 is 1.90 bits per heavy atom. The van der Waals surface area contributed by atoms with Crippen LogP contribution in [-0.2, 0) is 4.74 Å². The first-order chi connectivity index (χ1) is 15.0. The normalized spacial score (nSPS) is 14.1. The Labute approximate surface area is 191 Å². The lowest BCUT2D eigenvalue weighted by atomic mass is 10.2. The minimum absolute atomic E-state index is 0.0216. The van der Waals surface area contributed by atoms with Gasteiger partial charge in [0.15, 0.2) is 11.6 Å². The Morgan fingerprint density at radius 3 is 2.55 bits per heavy atom. The van der Waals surface area contributed by atoms with Crippen molar-refractivity contribution >= 4 is 29.5 Å². The van der Waals surface area contributed by atoms with Crippen LogP contribution in [0.3, 0.4) is 0 Å². The summed E-state index contributed by atoms with van der Waals surface area (Å²) < 4.78 is 16.3. The zero-order valence-electron chi connectivity index (χ0n) is 18.1. The van der Waals surface area contributed by atoms with Gasteiger partial charge in [0.1, 0.15) is 11.8 Å². The van der Waals surface area contributed by atoms with Gasteiger partial charge in [-0.25, -0.2) is 15.0 Å². The monoisotopic (exact) mass is 463 g/mol. The Bertz CT molecular complexity index is 986. The molecule has 0 bridgehead atoms. The topological polar surface area (TPSA) is 99.9 Å². The third-order valence-corrected chi connectivity index (χ3v) is 5.91. The Balaban J connectivity index is 1.82. The fourth-order valence-corrected chi connectivity index (χ4v) is 3.86. The number of pyridine rings is 1. The van der Waals surface area contributed by atoms with E-state index in [9.17, 15) is 0 Å². The second-order valence-corrected chi connectivity index (χ2v) is 8.50. The van der Waals surface area contributed by atoms with Gasteiger partial charge in [-0.15, -0.1) is 10.2 Å². The molecule has 0 aliphatic carbocycles. The zero-order chi connectivity index (χ0) is 22.4. The summed E-state index contributed by atoms with van der Waals surface area (Å²) in [7, 11) is 3.22. The van der Waals surface area contributed by atoms with E-state index in [1.807, 2.05) is 23.6 Å². The van der Waals surface area contributed by atoms with Crippen LogP contribution in [0.5, 0.6) is 5.88 Å². The van der Waals surface area contributed by atoms with Crippen molar-refractivity contribution in [3.63, 3.8) is 0 Å². The SMILES string of the molecule is CCC(C)n1c(NSC(C)C(OC)c2ncc(Cl)cn2)nnc1-c1cccc(OC)n1. The van der Waals surface area contributed by atoms with Gasteiger partial charge in [0.25, 0.3) is 0 Å². The van der Waals surface area contributed by atoms with Crippen molar-refractivity contribution < 1.29 is 9.47 Å². The van der Waals surface area contributed by atoms with Gasteiger partial charge in [-0.1, -0.05) is 24.6 Å². The van der Waals surface area contributed by atoms with Crippen LogP contribution in [0.1, 0.15) is 45.2 Å². The first kappa shape index (κ1) is 23.2. The maximum atomic E-state index is 5.90. The highest BCUT2D eigenvalue weighted by Gasteiger charge is 2.25. The van der Waals surface area contributed by atoms with Crippen molar-refractivity contribution in [1.29, 1.82) is 0 Å². The predicted octanol–water partition coefficient (Wildman–Crippen LogP) is 4.60. The summed E-state index contributed by atoms with van der Waals surface area (Å²) in [5, 5.41) is 9.22. The fraction of sp³-hybridized carbons (Fsp3) is 0.450. The number of hydrogen-bond donors (Lipinski definition) is 1. The summed E-state index contributed by atoms with van der Waals surface area (Å²) in [5.41, 5.74) is 0.697. The van der Waals surface area contributed by atoms with E-state index in [2.05, 4.69) is 43.7 Å². The molecule has 3 aromatic rings. The number of hydrogen-bond acceptors (Lipinski definition) is 9. The van der Waals surface area contributed by atoms with Crippen molar-refractivity contribution in [2.75, 3.05) is 18.9 Å². The lowest BCUT2D eigenvalue weighted by Crippen LogP contribution is -2.19. The molecule has 0 spiro atoms. The van der Waals surface area contributed by atoms with Gasteiger partial charge in [-0.2, -0.15) is 0 Å². The molecular weight excluding hydrogens is 438 g/mol. The highest BCUT2D eigenvalue weighted by Crippen LogP contribution is 2.31. The van der Waals surface area contributed by atoms with E-state index >= 15 is 0 Å². The fourth-order valence-electron chi connectivity index (χ4n) is 2.97. The lowest BCUT2D eigenvalue weighted by Gasteiger charge is -2.22. The van der Waals surface area contributed by atoms with Crippen LogP contribution in [0.2, 0.25) is 5.02 Å². The van der Waals surface area contributed by atoms with E-state index in [1.54, 1.807) is 32.7 Å². The molecule has 31 heavy (non-hydrogen) atoms. The molecule has 166 valence electrons. The van der Waals surface area contributed by atoms with Crippen LogP contribution in [-0.4, -0.2) is 49.2 Å². The van der Waals surface area contributed by atoms with Crippen LogP contribution in [0.25, 0.3) is 11.5 Å². The van der Waals surface area contributed by atoms with E-state index in [0.717, 1.165) is 6.42 Å². The standard InChI is InChI=1S/C20H26ClN7O2S/c1-6-12(2)28-19(15-8-7-9-16(24-15)29-4)25-26-20(28)27-31-13(3)17(30-5)18-22-10-14(21)11-23-18/h7-13,17H,6H2,1-5H3,(H,26,27). The maximum Gasteiger partial charge on any atom is 0.235 e. The number of anilines is 1. The summed E-state index contributed by atoms with van der Waals surface area (Å²) in [6, 6.07) is 5.74. The first-order valence-electron chi connectivity index (χ1n) is 9.86. The molecule has 0 fully saturated rings. The average Bonchev–Trinajstić information content (AvgIpc) is 3.23. The largest absolute Gasteiger partial charge is 0.481 e. The molecule has 3 rings (SSSR count). The van der Waals surface area contributed by atoms with Crippen molar-refractivity contribution in [3.8, 4) is 17.4 Å². The molecule has 0 aliphatic heterocycles. The highest BCUT2D eigenvalue weighted by atomic mass is 35.5. The van der Waals surface area contributed by atoms with Gasteiger partial charge in [-0.05, 0) is 38.3 Å². The second kappa shape index (κ2) is 10.7. The van der Waals surface area contributed by atoms with Crippen molar-refractivity contribution in [1.82, 2.24) is 29.7 Å². The van der Waals surface area contributed by atoms with Gasteiger partial charge < -0.3 is 9.47 Å². The third-order valence-electron chi connectivity index (χ3n) is 4.80. The van der Waals surface area contributed by atoms with Crippen molar-refractivity contribution in [2.45, 2.75) is 44.6 Å². The second-order valence-electron chi connectivity index (χ2n) is 6.88.